The average molecular weight is 595 g/mol. The van der Waals surface area contributed by atoms with Crippen LogP contribution in [0.15, 0.2) is 42.5 Å². The number of hydrogen-bond acceptors (Lipinski definition) is 8. The minimum Gasteiger partial charge on any atom is -0.462 e. The van der Waals surface area contributed by atoms with Gasteiger partial charge in [-0.25, -0.2) is 4.79 Å². The Morgan fingerprint density at radius 1 is 1.05 bits per heavy atom. The summed E-state index contributed by atoms with van der Waals surface area (Å²) in [4.78, 5) is 29.2. The van der Waals surface area contributed by atoms with Crippen LogP contribution in [0.4, 0.5) is 10.6 Å². The molecule has 9 nitrogen and oxygen atoms in total. The third-order valence-electron chi connectivity index (χ3n) is 8.90. The molecule has 2 aliphatic heterocycles. The fourth-order valence-corrected chi connectivity index (χ4v) is 6.62. The van der Waals surface area contributed by atoms with Gasteiger partial charge in [0.15, 0.2) is 0 Å². The highest BCUT2D eigenvalue weighted by atomic mass is 16.6. The van der Waals surface area contributed by atoms with Gasteiger partial charge < -0.3 is 24.2 Å². The molecule has 0 saturated carbocycles. The molecular formula is C35H42N6O3. The first-order valence-corrected chi connectivity index (χ1v) is 15.7. The first kappa shape index (κ1) is 29.9. The monoisotopic (exact) mass is 594 g/mol. The summed E-state index contributed by atoms with van der Waals surface area (Å²) < 4.78 is 12.0. The second kappa shape index (κ2) is 12.4. The van der Waals surface area contributed by atoms with Crippen LogP contribution in [0, 0.1) is 11.3 Å². The number of aromatic nitrogens is 2. The number of ether oxygens (including phenoxy) is 2. The summed E-state index contributed by atoms with van der Waals surface area (Å²) in [6.45, 7) is 8.70. The number of carbonyl (C=O) groups is 1. The van der Waals surface area contributed by atoms with Gasteiger partial charge in [-0.15, -0.1) is 0 Å². The Bertz CT molecular complexity index is 1600. The number of rotatable bonds is 6. The first-order valence-electron chi connectivity index (χ1n) is 15.7. The number of allylic oxidation sites excluding steroid dienone is 1. The number of likely N-dealkylation sites (N-methyl/N-ethyl adjacent to an activating group) is 1. The van der Waals surface area contributed by atoms with Crippen LogP contribution in [0.3, 0.4) is 0 Å². The van der Waals surface area contributed by atoms with Gasteiger partial charge in [0.2, 0.25) is 0 Å². The number of benzene rings is 2. The van der Waals surface area contributed by atoms with Crippen LogP contribution in [-0.2, 0) is 11.2 Å². The lowest BCUT2D eigenvalue weighted by Crippen LogP contribution is -2.56. The Balaban J connectivity index is 1.34. The molecule has 230 valence electrons. The fourth-order valence-electron chi connectivity index (χ4n) is 6.62. The van der Waals surface area contributed by atoms with E-state index in [1.165, 1.54) is 28.3 Å². The van der Waals surface area contributed by atoms with Crippen LogP contribution >= 0.6 is 0 Å². The number of anilines is 1. The topological polar surface area (TPSA) is 94.8 Å². The molecule has 1 aliphatic carbocycles. The van der Waals surface area contributed by atoms with Crippen LogP contribution < -0.4 is 9.64 Å². The smallest absolute Gasteiger partial charge is 0.410 e. The van der Waals surface area contributed by atoms with E-state index < -0.39 is 5.60 Å². The van der Waals surface area contributed by atoms with E-state index in [1.807, 2.05) is 20.8 Å². The molecular weight excluding hydrogens is 552 g/mol. The highest BCUT2D eigenvalue weighted by Crippen LogP contribution is 2.38. The zero-order valence-electron chi connectivity index (χ0n) is 26.3. The molecule has 2 unspecified atom stereocenters. The van der Waals surface area contributed by atoms with Gasteiger partial charge in [-0.05, 0) is 88.0 Å². The second-order valence-electron chi connectivity index (χ2n) is 13.1. The van der Waals surface area contributed by atoms with Gasteiger partial charge in [-0.3, -0.25) is 0 Å². The SMILES string of the molecule is CN1CCCC1COc1nc2c(c(N3CCN(C(=O)OC(C)(C)C)C(CC#N)C3)n1)CCC(c1cccc3ccccc13)=C2. The molecule has 2 fully saturated rings. The van der Waals surface area contributed by atoms with Gasteiger partial charge >= 0.3 is 12.1 Å². The molecule has 3 heterocycles. The van der Waals surface area contributed by atoms with E-state index in [0.29, 0.717) is 38.3 Å². The van der Waals surface area contributed by atoms with Gasteiger partial charge in [-0.1, -0.05) is 42.5 Å². The van der Waals surface area contributed by atoms with Gasteiger partial charge in [0, 0.05) is 31.2 Å². The largest absolute Gasteiger partial charge is 0.462 e. The third-order valence-corrected chi connectivity index (χ3v) is 8.90. The Hall–Kier alpha value is -4.16. The maximum absolute atomic E-state index is 13.0. The standard InChI is InChI=1S/C35H42N6O3/c1-35(2,3)44-34(42)41-20-19-40(22-26(41)16-17-36)32-30-15-14-25(29-13-7-10-24-9-5-6-12-28(24)29)21-31(30)37-33(38-32)43-23-27-11-8-18-39(27)4/h5-7,9-10,12-13,21,26-27H,8,11,14-16,18-20,22-23H2,1-4H3. The number of nitrogens with zero attached hydrogens (tertiary/aromatic N) is 6. The lowest BCUT2D eigenvalue weighted by atomic mass is 9.88. The lowest BCUT2D eigenvalue weighted by Gasteiger charge is -2.42. The molecule has 2 aromatic carbocycles. The van der Waals surface area contributed by atoms with Crippen LogP contribution in [-0.4, -0.2) is 83.4 Å². The fraction of sp³-hybridized carbons (Fsp3) is 0.486. The van der Waals surface area contributed by atoms with Crippen molar-refractivity contribution in [2.45, 2.75) is 70.6 Å². The van der Waals surface area contributed by atoms with Gasteiger partial charge in [0.25, 0.3) is 0 Å². The quantitative estimate of drug-likeness (QED) is 0.347. The Kier molecular flexibility index (Phi) is 8.46. The molecule has 6 rings (SSSR count). The minimum atomic E-state index is -0.606. The summed E-state index contributed by atoms with van der Waals surface area (Å²) in [7, 11) is 2.14. The molecule has 2 atom stereocenters. The number of fused-ring (bicyclic) bond motifs is 2. The molecule has 0 N–H and O–H groups in total. The van der Waals surface area contributed by atoms with Gasteiger partial charge in [-0.2, -0.15) is 15.2 Å². The molecule has 0 spiro atoms. The maximum Gasteiger partial charge on any atom is 0.410 e. The van der Waals surface area contributed by atoms with Crippen LogP contribution in [0.1, 0.15) is 63.3 Å². The van der Waals surface area contributed by atoms with E-state index in [1.54, 1.807) is 4.90 Å². The molecule has 3 aliphatic rings. The number of likely N-dealkylation sites (tertiary alicyclic amines) is 1. The number of carbonyl (C=O) groups excluding carboxylic acids is 1. The van der Waals surface area contributed by atoms with E-state index in [9.17, 15) is 10.1 Å². The summed E-state index contributed by atoms with van der Waals surface area (Å²) in [5.41, 5.74) is 3.83. The highest BCUT2D eigenvalue weighted by Gasteiger charge is 2.35. The number of amides is 1. The van der Waals surface area contributed by atoms with Crippen molar-refractivity contribution < 1.29 is 14.3 Å². The predicted molar refractivity (Wildman–Crippen MR) is 172 cm³/mol. The van der Waals surface area contributed by atoms with Crippen LogP contribution in [0.25, 0.3) is 22.4 Å². The van der Waals surface area contributed by atoms with E-state index in [-0.39, 0.29) is 18.6 Å². The molecule has 9 heteroatoms. The zero-order valence-corrected chi connectivity index (χ0v) is 26.3. The summed E-state index contributed by atoms with van der Waals surface area (Å²) in [5.74, 6) is 0.838. The first-order chi connectivity index (χ1) is 21.2. The summed E-state index contributed by atoms with van der Waals surface area (Å²) in [6.07, 6.45) is 5.96. The van der Waals surface area contributed by atoms with E-state index >= 15 is 0 Å². The second-order valence-corrected chi connectivity index (χ2v) is 13.1. The molecule has 0 bridgehead atoms. The van der Waals surface area contributed by atoms with Crippen LogP contribution in [0.5, 0.6) is 6.01 Å². The molecule has 3 aromatic rings. The Labute approximate surface area is 260 Å². The number of nitriles is 1. The van der Waals surface area contributed by atoms with Crippen molar-refractivity contribution in [3.63, 3.8) is 0 Å². The minimum absolute atomic E-state index is 0.214. The number of hydrogen-bond donors (Lipinski definition) is 0. The van der Waals surface area contributed by atoms with Crippen LogP contribution in [0.2, 0.25) is 0 Å². The molecule has 1 amide bonds. The normalized spacial score (nSPS) is 20.7. The molecule has 0 radical (unpaired) electrons. The van der Waals surface area contributed by atoms with E-state index in [4.69, 9.17) is 19.4 Å². The summed E-state index contributed by atoms with van der Waals surface area (Å²) in [5, 5.41) is 12.1. The average Bonchev–Trinajstić information content (AvgIpc) is 3.42. The Morgan fingerprint density at radius 2 is 1.86 bits per heavy atom. The van der Waals surface area contributed by atoms with Crippen molar-refractivity contribution >= 4 is 34.3 Å². The maximum atomic E-state index is 13.0. The molecule has 1 aromatic heterocycles. The lowest BCUT2D eigenvalue weighted by molar-refractivity contribution is 0.0144. The van der Waals surface area contributed by atoms with Gasteiger partial charge in [0.05, 0.1) is 24.2 Å². The highest BCUT2D eigenvalue weighted by molar-refractivity contribution is 5.98. The van der Waals surface area contributed by atoms with Crippen molar-refractivity contribution in [1.29, 1.82) is 5.26 Å². The van der Waals surface area contributed by atoms with E-state index in [0.717, 1.165) is 42.9 Å². The third kappa shape index (κ3) is 6.36. The predicted octanol–water partition coefficient (Wildman–Crippen LogP) is 5.93. The summed E-state index contributed by atoms with van der Waals surface area (Å²) >= 11 is 0. The summed E-state index contributed by atoms with van der Waals surface area (Å²) in [6, 6.07) is 17.6. The van der Waals surface area contributed by atoms with Crippen molar-refractivity contribution in [1.82, 2.24) is 19.8 Å². The van der Waals surface area contributed by atoms with Crippen molar-refractivity contribution in [2.75, 3.05) is 44.7 Å². The van der Waals surface area contributed by atoms with Crippen molar-refractivity contribution in [3.05, 3.63) is 59.3 Å². The number of piperazine rings is 1. The van der Waals surface area contributed by atoms with Gasteiger partial charge in [0.1, 0.15) is 18.0 Å². The molecule has 2 saturated heterocycles. The van der Waals surface area contributed by atoms with E-state index in [2.05, 4.69) is 71.5 Å². The Morgan fingerprint density at radius 3 is 2.64 bits per heavy atom. The van der Waals surface area contributed by atoms with Crippen molar-refractivity contribution in [3.8, 4) is 12.1 Å². The molecule has 44 heavy (non-hydrogen) atoms. The zero-order chi connectivity index (χ0) is 30.8. The van der Waals surface area contributed by atoms with Crippen molar-refractivity contribution in [2.24, 2.45) is 0 Å².